The molecule has 1 rings (SSSR count). The highest BCUT2D eigenvalue weighted by molar-refractivity contribution is 5.89. The van der Waals surface area contributed by atoms with Crippen LogP contribution in [0.25, 0.3) is 0 Å². The molecule has 0 unspecified atom stereocenters. The van der Waals surface area contributed by atoms with Crippen molar-refractivity contribution in [3.8, 4) is 0 Å². The lowest BCUT2D eigenvalue weighted by molar-refractivity contribution is -0.136. The summed E-state index contributed by atoms with van der Waals surface area (Å²) in [6.07, 6.45) is 2.88. The average Bonchev–Trinajstić information content (AvgIpc) is 2.29. The van der Waals surface area contributed by atoms with E-state index in [1.807, 2.05) is 6.92 Å². The molecule has 0 saturated heterocycles. The molecule has 16 heavy (non-hydrogen) atoms. The summed E-state index contributed by atoms with van der Waals surface area (Å²) in [7, 11) is 1.36. The molecule has 0 heterocycles. The van der Waals surface area contributed by atoms with E-state index in [-0.39, 0.29) is 18.1 Å². The minimum atomic E-state index is -0.340. The van der Waals surface area contributed by atoms with E-state index in [0.29, 0.717) is 18.6 Å². The Morgan fingerprint density at radius 1 is 1.69 bits per heavy atom. The molecule has 0 amide bonds. The van der Waals surface area contributed by atoms with E-state index in [1.54, 1.807) is 6.08 Å². The van der Waals surface area contributed by atoms with Crippen molar-refractivity contribution < 1.29 is 14.3 Å². The zero-order chi connectivity index (χ0) is 12.1. The van der Waals surface area contributed by atoms with Crippen molar-refractivity contribution in [2.45, 2.75) is 31.9 Å². The first kappa shape index (κ1) is 12.9. The number of esters is 1. The number of nitrogens with two attached hydrogens (primary N) is 1. The number of methoxy groups -OCH3 is 1. The monoisotopic (exact) mass is 225 g/mol. The summed E-state index contributed by atoms with van der Waals surface area (Å²) in [5.41, 5.74) is 7.29. The smallest absolute Gasteiger partial charge is 0.333 e. The second-order valence-electron chi connectivity index (χ2n) is 3.86. The second-order valence-corrected chi connectivity index (χ2v) is 3.86. The van der Waals surface area contributed by atoms with Gasteiger partial charge in [0, 0.05) is 18.2 Å². The Hall–Kier alpha value is -1.13. The van der Waals surface area contributed by atoms with Gasteiger partial charge in [0.05, 0.1) is 13.2 Å². The quantitative estimate of drug-likeness (QED) is 0.576. The van der Waals surface area contributed by atoms with E-state index < -0.39 is 0 Å². The number of hydrogen-bond acceptors (Lipinski definition) is 4. The Morgan fingerprint density at radius 2 is 2.38 bits per heavy atom. The first-order chi connectivity index (χ1) is 7.60. The number of hydrogen-bond donors (Lipinski definition) is 1. The zero-order valence-corrected chi connectivity index (χ0v) is 9.86. The molecule has 2 N–H and O–H groups in total. The molecule has 0 aliphatic heterocycles. The Morgan fingerprint density at radius 3 is 2.94 bits per heavy atom. The highest BCUT2D eigenvalue weighted by atomic mass is 16.5. The third kappa shape index (κ3) is 2.93. The number of rotatable bonds is 4. The van der Waals surface area contributed by atoms with Crippen molar-refractivity contribution in [2.75, 3.05) is 13.7 Å². The van der Waals surface area contributed by atoms with Crippen molar-refractivity contribution in [1.82, 2.24) is 0 Å². The summed E-state index contributed by atoms with van der Waals surface area (Å²) in [6, 6.07) is -0.235. The molecule has 4 heteroatoms. The van der Waals surface area contributed by atoms with Gasteiger partial charge >= 0.3 is 5.97 Å². The molecule has 1 aliphatic rings. The Kier molecular flexibility index (Phi) is 4.71. The van der Waals surface area contributed by atoms with Gasteiger partial charge in [0.2, 0.25) is 0 Å². The molecular formula is C12H19NO3. The molecule has 0 fully saturated rings. The molecule has 0 spiro atoms. The number of carbonyl (C=O) groups excluding carboxylic acids is 1. The zero-order valence-electron chi connectivity index (χ0n) is 9.86. The van der Waals surface area contributed by atoms with Crippen molar-refractivity contribution in [1.29, 1.82) is 0 Å². The summed E-state index contributed by atoms with van der Waals surface area (Å²) >= 11 is 0. The van der Waals surface area contributed by atoms with Gasteiger partial charge in [-0.15, -0.1) is 0 Å². The van der Waals surface area contributed by atoms with Gasteiger partial charge in [-0.3, -0.25) is 0 Å². The lowest BCUT2D eigenvalue weighted by atomic mass is 9.89. The molecule has 90 valence electrons. The van der Waals surface area contributed by atoms with Crippen LogP contribution in [0.4, 0.5) is 0 Å². The van der Waals surface area contributed by atoms with Crippen LogP contribution in [-0.4, -0.2) is 31.8 Å². The number of ether oxygens (including phenoxy) is 2. The highest BCUT2D eigenvalue weighted by Crippen LogP contribution is 2.24. The Labute approximate surface area is 96.1 Å². The maximum atomic E-state index is 11.4. The molecule has 2 atom stereocenters. The molecule has 0 aromatic carbocycles. The van der Waals surface area contributed by atoms with E-state index in [4.69, 9.17) is 10.5 Å². The van der Waals surface area contributed by atoms with Crippen molar-refractivity contribution in [2.24, 2.45) is 5.73 Å². The molecule has 0 aromatic rings. The van der Waals surface area contributed by atoms with Crippen LogP contribution in [0.3, 0.4) is 0 Å². The van der Waals surface area contributed by atoms with Crippen LogP contribution >= 0.6 is 0 Å². The summed E-state index contributed by atoms with van der Waals surface area (Å²) in [6.45, 7) is 6.55. The van der Waals surface area contributed by atoms with Crippen molar-refractivity contribution >= 4 is 5.97 Å². The van der Waals surface area contributed by atoms with Crippen LogP contribution < -0.4 is 5.73 Å². The van der Waals surface area contributed by atoms with Crippen LogP contribution in [0.5, 0.6) is 0 Å². The normalized spacial score (nSPS) is 25.2. The van der Waals surface area contributed by atoms with Crippen LogP contribution in [0, 0.1) is 0 Å². The third-order valence-electron chi connectivity index (χ3n) is 2.58. The minimum absolute atomic E-state index is 0.235. The predicted molar refractivity (Wildman–Crippen MR) is 61.9 cm³/mol. The third-order valence-corrected chi connectivity index (χ3v) is 2.58. The van der Waals surface area contributed by atoms with E-state index >= 15 is 0 Å². The molecular weight excluding hydrogens is 206 g/mol. The van der Waals surface area contributed by atoms with E-state index in [2.05, 4.69) is 11.3 Å². The molecule has 4 nitrogen and oxygen atoms in total. The fourth-order valence-electron chi connectivity index (χ4n) is 1.62. The van der Waals surface area contributed by atoms with Crippen LogP contribution in [0.2, 0.25) is 0 Å². The van der Waals surface area contributed by atoms with Gasteiger partial charge in [-0.25, -0.2) is 4.79 Å². The largest absolute Gasteiger partial charge is 0.466 e. The summed E-state index contributed by atoms with van der Waals surface area (Å²) in [4.78, 5) is 11.4. The first-order valence-electron chi connectivity index (χ1n) is 5.45. The Balaban J connectivity index is 2.79. The highest BCUT2D eigenvalue weighted by Gasteiger charge is 2.27. The van der Waals surface area contributed by atoms with Gasteiger partial charge in [0.15, 0.2) is 0 Å². The van der Waals surface area contributed by atoms with Gasteiger partial charge in [-0.05, 0) is 24.5 Å². The van der Waals surface area contributed by atoms with Crippen LogP contribution in [0.15, 0.2) is 23.8 Å². The topological polar surface area (TPSA) is 61.6 Å². The van der Waals surface area contributed by atoms with Crippen LogP contribution in [-0.2, 0) is 14.3 Å². The van der Waals surface area contributed by atoms with Gasteiger partial charge in [0.1, 0.15) is 0 Å². The molecule has 0 aromatic heterocycles. The van der Waals surface area contributed by atoms with E-state index in [9.17, 15) is 4.79 Å². The fourth-order valence-corrected chi connectivity index (χ4v) is 1.62. The summed E-state index contributed by atoms with van der Waals surface area (Å²) in [5, 5.41) is 0. The molecule has 0 saturated carbocycles. The second kappa shape index (κ2) is 5.82. The fraction of sp³-hybridized carbons (Fsp3) is 0.583. The summed E-state index contributed by atoms with van der Waals surface area (Å²) in [5.74, 6) is -0.340. The minimum Gasteiger partial charge on any atom is -0.466 e. The maximum Gasteiger partial charge on any atom is 0.333 e. The molecule has 0 bridgehead atoms. The lowest BCUT2D eigenvalue weighted by Gasteiger charge is -2.27. The number of carbonyl (C=O) groups is 1. The molecule has 0 radical (unpaired) electrons. The van der Waals surface area contributed by atoms with Gasteiger partial charge < -0.3 is 15.2 Å². The summed E-state index contributed by atoms with van der Waals surface area (Å²) < 4.78 is 10.3. The first-order valence-corrected chi connectivity index (χ1v) is 5.45. The lowest BCUT2D eigenvalue weighted by Crippen LogP contribution is -2.35. The van der Waals surface area contributed by atoms with Gasteiger partial charge in [0.25, 0.3) is 0 Å². The molecule has 1 aliphatic carbocycles. The Bertz CT molecular complexity index is 309. The van der Waals surface area contributed by atoms with E-state index in [1.165, 1.54) is 7.11 Å². The SMILES string of the molecule is C=C1[C@@H](N)CC(C(=O)OC)=C[C@H]1OCCC. The van der Waals surface area contributed by atoms with Gasteiger partial charge in [-0.2, -0.15) is 0 Å². The van der Waals surface area contributed by atoms with Crippen LogP contribution in [0.1, 0.15) is 19.8 Å². The maximum absolute atomic E-state index is 11.4. The van der Waals surface area contributed by atoms with E-state index in [0.717, 1.165) is 12.0 Å². The van der Waals surface area contributed by atoms with Gasteiger partial charge in [-0.1, -0.05) is 13.5 Å². The predicted octanol–water partition coefficient (Wildman–Crippen LogP) is 1.17. The van der Waals surface area contributed by atoms with Crippen molar-refractivity contribution in [3.05, 3.63) is 23.8 Å². The average molecular weight is 225 g/mol. The standard InChI is InChI=1S/C12H19NO3/c1-4-5-16-11-7-9(12(14)15-3)6-10(13)8(11)2/h7,10-11H,2,4-6,13H2,1,3H3/t10-,11+/m0/s1. The van der Waals surface area contributed by atoms with Crippen molar-refractivity contribution in [3.63, 3.8) is 0 Å².